The van der Waals surface area contributed by atoms with Gasteiger partial charge in [-0.2, -0.15) is 5.10 Å². The van der Waals surface area contributed by atoms with Crippen LogP contribution in [0, 0.1) is 0 Å². The Bertz CT molecular complexity index is 319. The Balaban J connectivity index is 2.73. The fourth-order valence-electron chi connectivity index (χ4n) is 0.812. The zero-order chi connectivity index (χ0) is 9.68. The molecule has 3 N–H and O–H groups in total. The minimum atomic E-state index is -0.237. The van der Waals surface area contributed by atoms with E-state index in [0.717, 1.165) is 5.56 Å². The van der Waals surface area contributed by atoms with Crippen molar-refractivity contribution in [3.63, 3.8) is 0 Å². The number of rotatable bonds is 2. The average Bonchev–Trinajstić information content (AvgIpc) is 2.15. The van der Waals surface area contributed by atoms with Gasteiger partial charge in [-0.25, -0.2) is 5.43 Å². The van der Waals surface area contributed by atoms with E-state index in [-0.39, 0.29) is 5.91 Å². The average molecular weight is 177 g/mol. The third kappa shape index (κ3) is 2.94. The maximum Gasteiger partial charge on any atom is 0.237 e. The summed E-state index contributed by atoms with van der Waals surface area (Å²) in [4.78, 5) is 10.5. The lowest BCUT2D eigenvalue weighted by Crippen LogP contribution is -2.21. The lowest BCUT2D eigenvalue weighted by Gasteiger charge is -1.99. The minimum absolute atomic E-state index is 0.237. The van der Waals surface area contributed by atoms with Crippen molar-refractivity contribution in [2.24, 2.45) is 10.8 Å². The van der Waals surface area contributed by atoms with E-state index in [4.69, 9.17) is 5.73 Å². The van der Waals surface area contributed by atoms with E-state index < -0.39 is 0 Å². The molecule has 4 nitrogen and oxygen atoms in total. The Morgan fingerprint density at radius 1 is 1.38 bits per heavy atom. The van der Waals surface area contributed by atoms with Gasteiger partial charge in [0.15, 0.2) is 5.84 Å². The molecule has 0 saturated carbocycles. The molecule has 68 valence electrons. The summed E-state index contributed by atoms with van der Waals surface area (Å²) in [5.41, 5.74) is 8.63. The van der Waals surface area contributed by atoms with Crippen molar-refractivity contribution in [2.75, 3.05) is 0 Å². The molecule has 0 radical (unpaired) electrons. The lowest BCUT2D eigenvalue weighted by molar-refractivity contribution is -0.118. The van der Waals surface area contributed by atoms with Crippen molar-refractivity contribution in [2.45, 2.75) is 6.92 Å². The smallest absolute Gasteiger partial charge is 0.237 e. The molecule has 0 aromatic heterocycles. The number of hydrazone groups is 1. The molecular formula is C9H11N3O. The first-order valence-corrected chi connectivity index (χ1v) is 3.85. The topological polar surface area (TPSA) is 67.5 Å². The number of nitrogens with two attached hydrogens (primary N) is 1. The van der Waals surface area contributed by atoms with Gasteiger partial charge in [0.2, 0.25) is 5.91 Å². The molecule has 1 aromatic rings. The van der Waals surface area contributed by atoms with Crippen LogP contribution in [0.4, 0.5) is 0 Å². The predicted octanol–water partition coefficient (Wildman–Crippen LogP) is 0.443. The van der Waals surface area contributed by atoms with Crippen molar-refractivity contribution in [1.82, 2.24) is 5.43 Å². The predicted molar refractivity (Wildman–Crippen MR) is 51.0 cm³/mol. The summed E-state index contributed by atoms with van der Waals surface area (Å²) in [5, 5.41) is 3.69. The maximum atomic E-state index is 10.5. The Hall–Kier alpha value is -1.84. The standard InChI is InChI=1S/C9H11N3O/c1-7(13)11-12-9(10)8-5-3-2-4-6-8/h2-6H,1H3,(H2,10,12)(H,11,13). The molecule has 4 heteroatoms. The molecule has 0 spiro atoms. The Labute approximate surface area is 76.4 Å². The zero-order valence-electron chi connectivity index (χ0n) is 7.32. The van der Waals surface area contributed by atoms with Crippen molar-refractivity contribution in [1.29, 1.82) is 0 Å². The molecule has 1 amide bonds. The highest BCUT2D eigenvalue weighted by atomic mass is 16.2. The van der Waals surface area contributed by atoms with Gasteiger partial charge in [0.05, 0.1) is 0 Å². The number of benzene rings is 1. The van der Waals surface area contributed by atoms with Crippen molar-refractivity contribution < 1.29 is 4.79 Å². The van der Waals surface area contributed by atoms with Crippen LogP contribution in [-0.2, 0) is 4.79 Å². The second-order valence-corrected chi connectivity index (χ2v) is 2.53. The van der Waals surface area contributed by atoms with E-state index in [2.05, 4.69) is 10.5 Å². The Kier molecular flexibility index (Phi) is 3.03. The van der Waals surface area contributed by atoms with Crippen LogP contribution in [-0.4, -0.2) is 11.7 Å². The summed E-state index contributed by atoms with van der Waals surface area (Å²) in [6.45, 7) is 1.38. The molecule has 0 bridgehead atoms. The van der Waals surface area contributed by atoms with Gasteiger partial charge in [0.1, 0.15) is 0 Å². The summed E-state index contributed by atoms with van der Waals surface area (Å²) in [6.07, 6.45) is 0. The van der Waals surface area contributed by atoms with Crippen LogP contribution < -0.4 is 11.2 Å². The van der Waals surface area contributed by atoms with E-state index in [9.17, 15) is 4.79 Å². The number of carbonyl (C=O) groups excluding carboxylic acids is 1. The third-order valence-electron chi connectivity index (χ3n) is 1.40. The maximum absolute atomic E-state index is 10.5. The number of carbonyl (C=O) groups is 1. The van der Waals surface area contributed by atoms with Crippen LogP contribution in [0.25, 0.3) is 0 Å². The summed E-state index contributed by atoms with van der Waals surface area (Å²) in [5.74, 6) is 0.0645. The highest BCUT2D eigenvalue weighted by Gasteiger charge is 1.95. The molecule has 0 unspecified atom stereocenters. The van der Waals surface area contributed by atoms with E-state index in [1.165, 1.54) is 6.92 Å². The molecule has 0 aliphatic heterocycles. The van der Waals surface area contributed by atoms with Crippen molar-refractivity contribution >= 4 is 11.7 Å². The lowest BCUT2D eigenvalue weighted by atomic mass is 10.2. The molecule has 0 aliphatic rings. The van der Waals surface area contributed by atoms with Crippen LogP contribution in [0.2, 0.25) is 0 Å². The molecule has 0 atom stereocenters. The van der Waals surface area contributed by atoms with Gasteiger partial charge in [0, 0.05) is 12.5 Å². The van der Waals surface area contributed by atoms with Gasteiger partial charge in [-0.3, -0.25) is 4.79 Å². The number of hydrogen-bond acceptors (Lipinski definition) is 2. The van der Waals surface area contributed by atoms with Crippen molar-refractivity contribution in [3.05, 3.63) is 35.9 Å². The second-order valence-electron chi connectivity index (χ2n) is 2.53. The van der Waals surface area contributed by atoms with Crippen molar-refractivity contribution in [3.8, 4) is 0 Å². The summed E-state index contributed by atoms with van der Waals surface area (Å²) < 4.78 is 0. The summed E-state index contributed by atoms with van der Waals surface area (Å²) in [7, 11) is 0. The van der Waals surface area contributed by atoms with Crippen LogP contribution in [0.15, 0.2) is 35.4 Å². The van der Waals surface area contributed by atoms with Gasteiger partial charge in [-0.1, -0.05) is 30.3 Å². The van der Waals surface area contributed by atoms with Crippen LogP contribution >= 0.6 is 0 Å². The monoisotopic (exact) mass is 177 g/mol. The second kappa shape index (κ2) is 4.25. The number of nitrogens with one attached hydrogen (secondary N) is 1. The first-order chi connectivity index (χ1) is 6.20. The van der Waals surface area contributed by atoms with Gasteiger partial charge < -0.3 is 5.73 Å². The molecule has 1 rings (SSSR count). The quantitative estimate of drug-likeness (QED) is 0.391. The van der Waals surface area contributed by atoms with E-state index in [0.29, 0.717) is 5.84 Å². The number of nitrogens with zero attached hydrogens (tertiary/aromatic N) is 1. The molecule has 1 aromatic carbocycles. The molecule has 0 saturated heterocycles. The zero-order valence-corrected chi connectivity index (χ0v) is 7.32. The van der Waals surface area contributed by atoms with E-state index >= 15 is 0 Å². The van der Waals surface area contributed by atoms with Gasteiger partial charge in [-0.05, 0) is 0 Å². The first kappa shape index (κ1) is 9.25. The Morgan fingerprint density at radius 2 is 2.00 bits per heavy atom. The van der Waals surface area contributed by atoms with Crippen LogP contribution in [0.1, 0.15) is 12.5 Å². The van der Waals surface area contributed by atoms with Gasteiger partial charge >= 0.3 is 0 Å². The SMILES string of the molecule is CC(=O)N/N=C(/N)c1ccccc1. The fraction of sp³-hybridized carbons (Fsp3) is 0.111. The molecular weight excluding hydrogens is 166 g/mol. The molecule has 13 heavy (non-hydrogen) atoms. The van der Waals surface area contributed by atoms with Crippen LogP contribution in [0.5, 0.6) is 0 Å². The normalized spacial score (nSPS) is 11.0. The molecule has 0 aliphatic carbocycles. The van der Waals surface area contributed by atoms with E-state index in [1.807, 2.05) is 30.3 Å². The highest BCUT2D eigenvalue weighted by molar-refractivity contribution is 5.97. The summed E-state index contributed by atoms with van der Waals surface area (Å²) >= 11 is 0. The van der Waals surface area contributed by atoms with Gasteiger partial charge in [0.25, 0.3) is 0 Å². The number of amides is 1. The molecule has 0 fully saturated rings. The number of hydrogen-bond donors (Lipinski definition) is 2. The van der Waals surface area contributed by atoms with E-state index in [1.54, 1.807) is 0 Å². The molecule has 0 heterocycles. The number of amidine groups is 1. The first-order valence-electron chi connectivity index (χ1n) is 3.85. The fourth-order valence-corrected chi connectivity index (χ4v) is 0.812. The summed E-state index contributed by atoms with van der Waals surface area (Å²) in [6, 6.07) is 9.23. The van der Waals surface area contributed by atoms with Crippen LogP contribution in [0.3, 0.4) is 0 Å². The minimum Gasteiger partial charge on any atom is -0.382 e. The Morgan fingerprint density at radius 3 is 2.54 bits per heavy atom. The largest absolute Gasteiger partial charge is 0.382 e. The van der Waals surface area contributed by atoms with Gasteiger partial charge in [-0.15, -0.1) is 0 Å². The highest BCUT2D eigenvalue weighted by Crippen LogP contribution is 1.96. The third-order valence-corrected chi connectivity index (χ3v) is 1.40.